The number of nitrogens with zero attached hydrogens (tertiary/aromatic N) is 1. The quantitative estimate of drug-likeness (QED) is 0.514. The highest BCUT2D eigenvalue weighted by molar-refractivity contribution is 6.00. The lowest BCUT2D eigenvalue weighted by atomic mass is 10.1. The number of benzene rings is 2. The first-order chi connectivity index (χ1) is 15.7. The molecule has 0 radical (unpaired) electrons. The Morgan fingerprint density at radius 2 is 1.64 bits per heavy atom. The largest absolute Gasteiger partial charge is 0.497 e. The molecule has 0 aromatic heterocycles. The second-order valence-electron chi connectivity index (χ2n) is 7.83. The van der Waals surface area contributed by atoms with E-state index in [-0.39, 0.29) is 12.3 Å². The molecular formula is C25H33NO7. The number of hydrogen-bond acceptors (Lipinski definition) is 6. The van der Waals surface area contributed by atoms with Crippen molar-refractivity contribution < 1.29 is 33.6 Å². The number of rotatable bonds is 12. The SMILES string of the molecule is CCO[C@@H](Cc1ccc(OC(C)(C)C(=O)N(CC)c2cc(OC)ccc2OC)cc1)C(=O)O. The Morgan fingerprint density at radius 3 is 2.15 bits per heavy atom. The number of methoxy groups -OCH3 is 2. The number of carboxylic acids is 1. The van der Waals surface area contributed by atoms with Crippen molar-refractivity contribution in [2.24, 2.45) is 0 Å². The molecule has 0 heterocycles. The molecule has 2 aromatic carbocycles. The average Bonchev–Trinajstić information content (AvgIpc) is 2.80. The van der Waals surface area contributed by atoms with Gasteiger partial charge in [0.15, 0.2) is 11.7 Å². The van der Waals surface area contributed by atoms with E-state index in [9.17, 15) is 14.7 Å². The number of carbonyl (C=O) groups excluding carboxylic acids is 1. The van der Waals surface area contributed by atoms with Crippen molar-refractivity contribution in [2.45, 2.75) is 45.8 Å². The Bertz CT molecular complexity index is 940. The molecule has 0 aliphatic rings. The number of amides is 1. The Hall–Kier alpha value is -3.26. The summed E-state index contributed by atoms with van der Waals surface area (Å²) in [4.78, 5) is 26.4. The highest BCUT2D eigenvalue weighted by Crippen LogP contribution is 2.34. The normalized spacial score (nSPS) is 12.1. The van der Waals surface area contributed by atoms with E-state index in [0.29, 0.717) is 36.1 Å². The van der Waals surface area contributed by atoms with Gasteiger partial charge in [-0.3, -0.25) is 4.79 Å². The summed E-state index contributed by atoms with van der Waals surface area (Å²) in [6.45, 7) is 7.76. The fourth-order valence-electron chi connectivity index (χ4n) is 3.42. The summed E-state index contributed by atoms with van der Waals surface area (Å²) in [7, 11) is 3.11. The summed E-state index contributed by atoms with van der Waals surface area (Å²) in [6.07, 6.45) is -0.666. The third-order valence-electron chi connectivity index (χ3n) is 5.11. The Labute approximate surface area is 195 Å². The average molecular weight is 460 g/mol. The standard InChI is InChI=1S/C25H33NO7/c1-7-26(20-16-19(30-5)13-14-21(20)31-6)24(29)25(3,4)33-18-11-9-17(10-12-18)15-22(23(27)28)32-8-2/h9-14,16,22H,7-8,15H2,1-6H3,(H,27,28)/t22-/m0/s1. The zero-order valence-corrected chi connectivity index (χ0v) is 20.1. The van der Waals surface area contributed by atoms with Crippen LogP contribution >= 0.6 is 0 Å². The number of hydrogen-bond donors (Lipinski definition) is 1. The molecule has 0 bridgehead atoms. The highest BCUT2D eigenvalue weighted by Gasteiger charge is 2.35. The summed E-state index contributed by atoms with van der Waals surface area (Å²) in [5.41, 5.74) is 0.205. The van der Waals surface area contributed by atoms with Crippen molar-refractivity contribution in [1.29, 1.82) is 0 Å². The molecule has 0 spiro atoms. The van der Waals surface area contributed by atoms with Crippen LogP contribution in [-0.4, -0.2) is 56.1 Å². The lowest BCUT2D eigenvalue weighted by Gasteiger charge is -2.32. The Kier molecular flexibility index (Phi) is 9.11. The van der Waals surface area contributed by atoms with Crippen LogP contribution in [0.2, 0.25) is 0 Å². The lowest BCUT2D eigenvalue weighted by molar-refractivity contribution is -0.150. The van der Waals surface area contributed by atoms with Crippen LogP contribution in [-0.2, 0) is 20.7 Å². The van der Waals surface area contributed by atoms with E-state index in [1.165, 1.54) is 0 Å². The van der Waals surface area contributed by atoms with Gasteiger partial charge in [-0.15, -0.1) is 0 Å². The van der Waals surface area contributed by atoms with Crippen LogP contribution in [0.5, 0.6) is 17.2 Å². The second kappa shape index (κ2) is 11.6. The summed E-state index contributed by atoms with van der Waals surface area (Å²) in [6, 6.07) is 12.3. The van der Waals surface area contributed by atoms with Gasteiger partial charge in [-0.05, 0) is 57.5 Å². The first-order valence-electron chi connectivity index (χ1n) is 10.8. The van der Waals surface area contributed by atoms with E-state index in [0.717, 1.165) is 5.56 Å². The van der Waals surface area contributed by atoms with E-state index in [2.05, 4.69) is 0 Å². The van der Waals surface area contributed by atoms with E-state index in [1.54, 1.807) is 82.4 Å². The molecule has 0 fully saturated rings. The molecule has 33 heavy (non-hydrogen) atoms. The third-order valence-corrected chi connectivity index (χ3v) is 5.11. The number of anilines is 1. The van der Waals surface area contributed by atoms with Gasteiger partial charge < -0.3 is 29.0 Å². The van der Waals surface area contributed by atoms with Crippen LogP contribution in [0, 0.1) is 0 Å². The van der Waals surface area contributed by atoms with Crippen LogP contribution in [0.4, 0.5) is 5.69 Å². The zero-order chi connectivity index (χ0) is 24.6. The van der Waals surface area contributed by atoms with E-state index in [4.69, 9.17) is 18.9 Å². The lowest BCUT2D eigenvalue weighted by Crippen LogP contribution is -2.49. The molecule has 1 N–H and O–H groups in total. The molecule has 8 nitrogen and oxygen atoms in total. The monoisotopic (exact) mass is 459 g/mol. The van der Waals surface area contributed by atoms with Gasteiger partial charge in [-0.25, -0.2) is 4.79 Å². The molecule has 2 aromatic rings. The van der Waals surface area contributed by atoms with E-state index >= 15 is 0 Å². The number of carboxylic acid groups (broad SMARTS) is 1. The fraction of sp³-hybridized carbons (Fsp3) is 0.440. The molecule has 1 amide bonds. The van der Waals surface area contributed by atoms with Gasteiger partial charge in [0.1, 0.15) is 17.2 Å². The van der Waals surface area contributed by atoms with Gasteiger partial charge in [0.2, 0.25) is 0 Å². The van der Waals surface area contributed by atoms with E-state index < -0.39 is 17.7 Å². The molecule has 8 heteroatoms. The molecule has 0 saturated heterocycles. The van der Waals surface area contributed by atoms with Crippen molar-refractivity contribution >= 4 is 17.6 Å². The first-order valence-corrected chi connectivity index (χ1v) is 10.8. The molecule has 0 aliphatic heterocycles. The maximum absolute atomic E-state index is 13.5. The third kappa shape index (κ3) is 6.61. The minimum atomic E-state index is -1.18. The van der Waals surface area contributed by atoms with Crippen LogP contribution in [0.15, 0.2) is 42.5 Å². The number of carbonyl (C=O) groups is 2. The number of ether oxygens (including phenoxy) is 4. The van der Waals surface area contributed by atoms with Gasteiger partial charge in [0, 0.05) is 25.6 Å². The minimum absolute atomic E-state index is 0.241. The fourth-order valence-corrected chi connectivity index (χ4v) is 3.42. The van der Waals surface area contributed by atoms with Gasteiger partial charge in [-0.1, -0.05) is 12.1 Å². The maximum atomic E-state index is 13.5. The van der Waals surface area contributed by atoms with Crippen molar-refractivity contribution in [2.75, 3.05) is 32.3 Å². The summed E-state index contributed by atoms with van der Waals surface area (Å²) in [5.74, 6) is 0.403. The molecule has 0 saturated carbocycles. The van der Waals surface area contributed by atoms with Crippen molar-refractivity contribution in [3.8, 4) is 17.2 Å². The first kappa shape index (κ1) is 26.0. The van der Waals surface area contributed by atoms with Gasteiger partial charge in [0.25, 0.3) is 5.91 Å². The van der Waals surface area contributed by atoms with Gasteiger partial charge in [-0.2, -0.15) is 0 Å². The predicted octanol–water partition coefficient (Wildman–Crippen LogP) is 3.95. The van der Waals surface area contributed by atoms with Gasteiger partial charge >= 0.3 is 5.97 Å². The molecule has 180 valence electrons. The smallest absolute Gasteiger partial charge is 0.333 e. The summed E-state index contributed by atoms with van der Waals surface area (Å²) < 4.78 is 22.1. The molecule has 0 aliphatic carbocycles. The predicted molar refractivity (Wildman–Crippen MR) is 125 cm³/mol. The minimum Gasteiger partial charge on any atom is -0.497 e. The van der Waals surface area contributed by atoms with Crippen LogP contribution < -0.4 is 19.1 Å². The molecule has 1 atom stereocenters. The van der Waals surface area contributed by atoms with Crippen LogP contribution in [0.1, 0.15) is 33.3 Å². The second-order valence-corrected chi connectivity index (χ2v) is 7.83. The molecule has 0 unspecified atom stereocenters. The van der Waals surface area contributed by atoms with Crippen molar-refractivity contribution in [3.05, 3.63) is 48.0 Å². The number of aliphatic carboxylic acids is 1. The highest BCUT2D eigenvalue weighted by atomic mass is 16.5. The molecular weight excluding hydrogens is 426 g/mol. The summed E-state index contributed by atoms with van der Waals surface area (Å²) >= 11 is 0. The Morgan fingerprint density at radius 1 is 1.00 bits per heavy atom. The van der Waals surface area contributed by atoms with Crippen LogP contribution in [0.3, 0.4) is 0 Å². The number of likely N-dealkylation sites (N-methyl/N-ethyl adjacent to an activating group) is 1. The topological polar surface area (TPSA) is 94.5 Å². The maximum Gasteiger partial charge on any atom is 0.333 e. The van der Waals surface area contributed by atoms with Gasteiger partial charge in [0.05, 0.1) is 19.9 Å². The summed E-state index contributed by atoms with van der Waals surface area (Å²) in [5, 5.41) is 9.27. The molecule has 2 rings (SSSR count). The van der Waals surface area contributed by atoms with Crippen molar-refractivity contribution in [1.82, 2.24) is 0 Å². The van der Waals surface area contributed by atoms with E-state index in [1.807, 2.05) is 6.92 Å². The van der Waals surface area contributed by atoms with Crippen LogP contribution in [0.25, 0.3) is 0 Å². The Balaban J connectivity index is 2.20. The zero-order valence-electron chi connectivity index (χ0n) is 20.1. The van der Waals surface area contributed by atoms with Crippen molar-refractivity contribution in [3.63, 3.8) is 0 Å².